The Hall–Kier alpha value is -1.36. The van der Waals surface area contributed by atoms with Crippen LogP contribution in [0, 0.1) is 0 Å². The summed E-state index contributed by atoms with van der Waals surface area (Å²) in [5, 5.41) is 9.48. The zero-order valence-electron chi connectivity index (χ0n) is 7.64. The first-order valence-electron chi connectivity index (χ1n) is 4.45. The van der Waals surface area contributed by atoms with Gasteiger partial charge >= 0.3 is 6.01 Å². The standard InChI is InChI=1S/C9H11N3OS/c10-9-12-11-8(13-9)5-1-3-7-4-2-6-14-7/h2,4,6H,1,3,5H2,(H2,10,12). The van der Waals surface area contributed by atoms with Gasteiger partial charge in [-0.3, -0.25) is 0 Å². The summed E-state index contributed by atoms with van der Waals surface area (Å²) in [6, 6.07) is 4.34. The van der Waals surface area contributed by atoms with E-state index in [9.17, 15) is 0 Å². The van der Waals surface area contributed by atoms with Crippen molar-refractivity contribution >= 4 is 17.4 Å². The van der Waals surface area contributed by atoms with Crippen LogP contribution in [-0.4, -0.2) is 10.2 Å². The maximum atomic E-state index is 5.31. The second-order valence-corrected chi connectivity index (χ2v) is 4.00. The van der Waals surface area contributed by atoms with E-state index in [0.717, 1.165) is 19.3 Å². The summed E-state index contributed by atoms with van der Waals surface area (Å²) in [6.45, 7) is 0. The number of aryl methyl sites for hydroxylation is 2. The molecule has 2 aromatic rings. The fraction of sp³-hybridized carbons (Fsp3) is 0.333. The molecule has 0 fully saturated rings. The van der Waals surface area contributed by atoms with Gasteiger partial charge in [0.15, 0.2) is 0 Å². The van der Waals surface area contributed by atoms with Crippen LogP contribution in [0.4, 0.5) is 6.01 Å². The fourth-order valence-electron chi connectivity index (χ4n) is 1.24. The second kappa shape index (κ2) is 4.23. The van der Waals surface area contributed by atoms with E-state index >= 15 is 0 Å². The highest BCUT2D eigenvalue weighted by Crippen LogP contribution is 2.12. The topological polar surface area (TPSA) is 64.9 Å². The Morgan fingerprint density at radius 1 is 1.36 bits per heavy atom. The molecule has 0 aliphatic rings. The van der Waals surface area contributed by atoms with Crippen LogP contribution in [0.3, 0.4) is 0 Å². The molecule has 0 bridgehead atoms. The largest absolute Gasteiger partial charge is 0.408 e. The first-order chi connectivity index (χ1) is 6.84. The normalized spacial score (nSPS) is 10.6. The molecule has 74 valence electrons. The summed E-state index contributed by atoms with van der Waals surface area (Å²) >= 11 is 1.77. The molecule has 4 nitrogen and oxygen atoms in total. The molecule has 0 saturated heterocycles. The van der Waals surface area contributed by atoms with Gasteiger partial charge in [0.05, 0.1) is 0 Å². The number of rotatable bonds is 4. The Morgan fingerprint density at radius 2 is 2.29 bits per heavy atom. The molecule has 0 atom stereocenters. The van der Waals surface area contributed by atoms with Crippen molar-refractivity contribution < 1.29 is 4.42 Å². The summed E-state index contributed by atoms with van der Waals surface area (Å²) in [7, 11) is 0. The molecule has 14 heavy (non-hydrogen) atoms. The smallest absolute Gasteiger partial charge is 0.312 e. The van der Waals surface area contributed by atoms with Crippen molar-refractivity contribution in [2.24, 2.45) is 0 Å². The lowest BCUT2D eigenvalue weighted by atomic mass is 10.2. The van der Waals surface area contributed by atoms with E-state index in [1.165, 1.54) is 4.88 Å². The monoisotopic (exact) mass is 209 g/mol. The molecule has 0 aliphatic carbocycles. The molecule has 5 heteroatoms. The zero-order valence-corrected chi connectivity index (χ0v) is 8.46. The Kier molecular flexibility index (Phi) is 2.78. The molecule has 2 aromatic heterocycles. The number of thiophene rings is 1. The van der Waals surface area contributed by atoms with Crippen molar-refractivity contribution in [3.05, 3.63) is 28.3 Å². The molecule has 0 aliphatic heterocycles. The van der Waals surface area contributed by atoms with Gasteiger partial charge in [-0.25, -0.2) is 0 Å². The Bertz CT molecular complexity index is 382. The summed E-state index contributed by atoms with van der Waals surface area (Å²) in [5.74, 6) is 0.624. The van der Waals surface area contributed by atoms with Crippen LogP contribution in [0.15, 0.2) is 21.9 Å². The molecule has 2 N–H and O–H groups in total. The van der Waals surface area contributed by atoms with Gasteiger partial charge in [0.25, 0.3) is 0 Å². The van der Waals surface area contributed by atoms with Crippen molar-refractivity contribution in [3.63, 3.8) is 0 Å². The van der Waals surface area contributed by atoms with Gasteiger partial charge in [-0.1, -0.05) is 11.2 Å². The summed E-state index contributed by atoms with van der Waals surface area (Å²) < 4.78 is 5.06. The van der Waals surface area contributed by atoms with Crippen molar-refractivity contribution in [2.45, 2.75) is 19.3 Å². The van der Waals surface area contributed by atoms with E-state index in [-0.39, 0.29) is 6.01 Å². The van der Waals surface area contributed by atoms with Gasteiger partial charge in [-0.15, -0.1) is 16.4 Å². The van der Waals surface area contributed by atoms with E-state index in [4.69, 9.17) is 10.2 Å². The Balaban J connectivity index is 1.78. The molecule has 0 radical (unpaired) electrons. The van der Waals surface area contributed by atoms with Crippen molar-refractivity contribution in [2.75, 3.05) is 5.73 Å². The van der Waals surface area contributed by atoms with Crippen LogP contribution < -0.4 is 5.73 Å². The number of nitrogen functional groups attached to an aromatic ring is 1. The number of nitrogens with zero attached hydrogens (tertiary/aromatic N) is 2. The minimum Gasteiger partial charge on any atom is -0.408 e. The number of anilines is 1. The van der Waals surface area contributed by atoms with Crippen LogP contribution in [0.25, 0.3) is 0 Å². The highest BCUT2D eigenvalue weighted by Gasteiger charge is 2.02. The van der Waals surface area contributed by atoms with Crippen LogP contribution in [0.5, 0.6) is 0 Å². The van der Waals surface area contributed by atoms with Gasteiger partial charge in [-0.2, -0.15) is 0 Å². The van der Waals surface area contributed by atoms with Gasteiger partial charge in [0, 0.05) is 11.3 Å². The number of nitrogens with two attached hydrogens (primary N) is 1. The highest BCUT2D eigenvalue weighted by molar-refractivity contribution is 7.09. The maximum Gasteiger partial charge on any atom is 0.312 e. The van der Waals surface area contributed by atoms with E-state index in [2.05, 4.69) is 27.7 Å². The quantitative estimate of drug-likeness (QED) is 0.835. The van der Waals surface area contributed by atoms with E-state index in [1.54, 1.807) is 11.3 Å². The van der Waals surface area contributed by atoms with E-state index < -0.39 is 0 Å². The third-order valence-corrected chi connectivity index (χ3v) is 2.81. The van der Waals surface area contributed by atoms with Crippen LogP contribution in [-0.2, 0) is 12.8 Å². The lowest BCUT2D eigenvalue weighted by Gasteiger charge is -1.93. The van der Waals surface area contributed by atoms with Crippen LogP contribution >= 0.6 is 11.3 Å². The minimum absolute atomic E-state index is 0.149. The highest BCUT2D eigenvalue weighted by atomic mass is 32.1. The lowest BCUT2D eigenvalue weighted by Crippen LogP contribution is -1.88. The molecular weight excluding hydrogens is 198 g/mol. The van der Waals surface area contributed by atoms with Crippen LogP contribution in [0.1, 0.15) is 17.2 Å². The second-order valence-electron chi connectivity index (χ2n) is 2.97. The molecular formula is C9H11N3OS. The number of hydrogen-bond acceptors (Lipinski definition) is 5. The first-order valence-corrected chi connectivity index (χ1v) is 5.33. The van der Waals surface area contributed by atoms with Gasteiger partial charge < -0.3 is 10.2 Å². The molecule has 0 amide bonds. The SMILES string of the molecule is Nc1nnc(CCCc2cccs2)o1. The number of aromatic nitrogens is 2. The summed E-state index contributed by atoms with van der Waals surface area (Å²) in [4.78, 5) is 1.39. The maximum absolute atomic E-state index is 5.31. The third-order valence-electron chi connectivity index (χ3n) is 1.88. The van der Waals surface area contributed by atoms with Gasteiger partial charge in [-0.05, 0) is 24.3 Å². The van der Waals surface area contributed by atoms with Crippen molar-refractivity contribution in [1.82, 2.24) is 10.2 Å². The molecule has 2 heterocycles. The van der Waals surface area contributed by atoms with Crippen LogP contribution in [0.2, 0.25) is 0 Å². The van der Waals surface area contributed by atoms with Gasteiger partial charge in [0.2, 0.25) is 5.89 Å². The van der Waals surface area contributed by atoms with Gasteiger partial charge in [0.1, 0.15) is 0 Å². The predicted octanol–water partition coefficient (Wildman–Crippen LogP) is 1.89. The molecule has 0 spiro atoms. The third kappa shape index (κ3) is 2.32. The Morgan fingerprint density at radius 3 is 2.93 bits per heavy atom. The Labute approximate surface area is 85.8 Å². The van der Waals surface area contributed by atoms with Crippen molar-refractivity contribution in [1.29, 1.82) is 0 Å². The molecule has 0 aromatic carbocycles. The van der Waals surface area contributed by atoms with E-state index in [0.29, 0.717) is 5.89 Å². The zero-order chi connectivity index (χ0) is 9.80. The number of hydrogen-bond donors (Lipinski definition) is 1. The average molecular weight is 209 g/mol. The molecule has 2 rings (SSSR count). The predicted molar refractivity (Wildman–Crippen MR) is 55.1 cm³/mol. The summed E-state index contributed by atoms with van der Waals surface area (Å²) in [5.41, 5.74) is 5.31. The van der Waals surface area contributed by atoms with E-state index in [1.807, 2.05) is 0 Å². The average Bonchev–Trinajstić information content (AvgIpc) is 2.77. The molecule has 0 unspecified atom stereocenters. The lowest BCUT2D eigenvalue weighted by molar-refractivity contribution is 0.502. The minimum atomic E-state index is 0.149. The molecule has 0 saturated carbocycles. The fourth-order valence-corrected chi connectivity index (χ4v) is 1.99. The summed E-state index contributed by atoms with van der Waals surface area (Å²) in [6.07, 6.45) is 2.87. The first kappa shape index (κ1) is 9.21. The van der Waals surface area contributed by atoms with Crippen molar-refractivity contribution in [3.8, 4) is 0 Å².